The molecule has 3 aromatic rings. The molecule has 1 heterocycles. The fourth-order valence-corrected chi connectivity index (χ4v) is 10.9. The first kappa shape index (κ1) is 31.7. The number of ether oxygens (including phenoxy) is 5. The SMILES string of the molecule is C[C@]12CCC(OCc3ccccc3)CC1C(OCc1ccccc1)C(OCc1ccccc1)C1C2CC[C@@]2(C)C1CCC21OCCO1. The fraction of sp³-hybridized carbons (Fsp3) is 0.571. The lowest BCUT2D eigenvalue weighted by atomic mass is 9.43. The summed E-state index contributed by atoms with van der Waals surface area (Å²) in [6.45, 7) is 8.34. The van der Waals surface area contributed by atoms with Gasteiger partial charge in [0.15, 0.2) is 5.79 Å². The highest BCUT2D eigenvalue weighted by atomic mass is 16.7. The van der Waals surface area contributed by atoms with Crippen LogP contribution < -0.4 is 0 Å². The Hall–Kier alpha value is -2.54. The molecule has 1 saturated heterocycles. The minimum Gasteiger partial charge on any atom is -0.374 e. The molecule has 1 spiro atoms. The van der Waals surface area contributed by atoms with E-state index in [4.69, 9.17) is 23.7 Å². The Bertz CT molecular complexity index is 1460. The second-order valence-corrected chi connectivity index (χ2v) is 15.6. The summed E-state index contributed by atoms with van der Waals surface area (Å²) in [7, 11) is 0. The number of hydrogen-bond acceptors (Lipinski definition) is 5. The van der Waals surface area contributed by atoms with Crippen molar-refractivity contribution in [2.45, 2.75) is 103 Å². The molecule has 0 amide bonds. The first-order valence-electron chi connectivity index (χ1n) is 18.2. The van der Waals surface area contributed by atoms with Crippen LogP contribution in [0, 0.1) is 34.5 Å². The molecular formula is C42H52O5. The Labute approximate surface area is 281 Å². The second kappa shape index (κ2) is 13.1. The molecule has 5 nitrogen and oxygen atoms in total. The molecule has 4 saturated carbocycles. The van der Waals surface area contributed by atoms with Crippen LogP contribution in [0.5, 0.6) is 0 Å². The zero-order valence-electron chi connectivity index (χ0n) is 28.2. The number of benzene rings is 3. The van der Waals surface area contributed by atoms with E-state index < -0.39 is 5.79 Å². The van der Waals surface area contributed by atoms with Crippen LogP contribution in [0.1, 0.15) is 75.5 Å². The van der Waals surface area contributed by atoms with E-state index in [2.05, 4.69) is 105 Å². The molecule has 47 heavy (non-hydrogen) atoms. The average molecular weight is 637 g/mol. The third kappa shape index (κ3) is 5.70. The van der Waals surface area contributed by atoms with Crippen molar-refractivity contribution in [1.29, 1.82) is 0 Å². The monoisotopic (exact) mass is 636 g/mol. The van der Waals surface area contributed by atoms with Gasteiger partial charge in [-0.1, -0.05) is 105 Å². The lowest BCUT2D eigenvalue weighted by Crippen LogP contribution is -2.66. The number of fused-ring (bicyclic) bond motifs is 6. The highest BCUT2D eigenvalue weighted by Gasteiger charge is 2.70. The van der Waals surface area contributed by atoms with Crippen LogP contribution in [-0.2, 0) is 43.5 Å². The van der Waals surface area contributed by atoms with Crippen LogP contribution in [0.2, 0.25) is 0 Å². The molecule has 8 rings (SSSR count). The zero-order chi connectivity index (χ0) is 31.9. The molecule has 0 bridgehead atoms. The maximum atomic E-state index is 7.25. The van der Waals surface area contributed by atoms with Gasteiger partial charge in [-0.2, -0.15) is 0 Å². The van der Waals surface area contributed by atoms with E-state index in [0.717, 1.165) is 38.5 Å². The smallest absolute Gasteiger partial charge is 0.174 e. The van der Waals surface area contributed by atoms with Gasteiger partial charge in [0.05, 0.1) is 51.3 Å². The third-order valence-electron chi connectivity index (χ3n) is 13.3. The standard InChI is InChI=1S/C42H52O5/c1-40-21-18-33(43-27-30-12-6-3-7-13-30)26-36(40)38(44-28-31-14-8-4-9-15-31)39(45-29-32-16-10-5-11-17-32)37-34(40)19-22-41(2)35(37)20-23-42(41)46-24-25-47-42/h3-17,33-39H,18-29H2,1-2H3/t33?,34?,35?,36?,37?,38?,39?,40-,41+/m1/s1. The first-order valence-corrected chi connectivity index (χ1v) is 18.2. The van der Waals surface area contributed by atoms with Gasteiger partial charge in [-0.05, 0) is 84.3 Å². The van der Waals surface area contributed by atoms with Crippen LogP contribution in [0.25, 0.3) is 0 Å². The molecule has 5 heteroatoms. The van der Waals surface area contributed by atoms with Crippen LogP contribution in [0.4, 0.5) is 0 Å². The molecule has 5 fully saturated rings. The van der Waals surface area contributed by atoms with Gasteiger partial charge in [-0.25, -0.2) is 0 Å². The van der Waals surface area contributed by atoms with E-state index in [1.54, 1.807) is 0 Å². The molecule has 3 aromatic carbocycles. The van der Waals surface area contributed by atoms with Crippen molar-refractivity contribution in [3.8, 4) is 0 Å². The van der Waals surface area contributed by atoms with E-state index >= 15 is 0 Å². The molecule has 7 unspecified atom stereocenters. The highest BCUT2D eigenvalue weighted by Crippen LogP contribution is 2.70. The first-order chi connectivity index (χ1) is 23.0. The number of rotatable bonds is 9. The molecule has 1 aliphatic heterocycles. The van der Waals surface area contributed by atoms with Gasteiger partial charge in [0.25, 0.3) is 0 Å². The van der Waals surface area contributed by atoms with Crippen molar-refractivity contribution in [3.63, 3.8) is 0 Å². The Balaban J connectivity index is 1.15. The highest BCUT2D eigenvalue weighted by molar-refractivity contribution is 5.19. The normalized spacial score (nSPS) is 37.3. The average Bonchev–Trinajstić information content (AvgIpc) is 3.72. The molecule has 5 aliphatic rings. The summed E-state index contributed by atoms with van der Waals surface area (Å²) < 4.78 is 34.3. The van der Waals surface area contributed by atoms with E-state index in [9.17, 15) is 0 Å². The molecule has 0 aromatic heterocycles. The lowest BCUT2D eigenvalue weighted by Gasteiger charge is -2.65. The van der Waals surface area contributed by atoms with Crippen LogP contribution >= 0.6 is 0 Å². The van der Waals surface area contributed by atoms with Crippen molar-refractivity contribution >= 4 is 0 Å². The lowest BCUT2D eigenvalue weighted by molar-refractivity contribution is -0.283. The van der Waals surface area contributed by atoms with Crippen molar-refractivity contribution in [1.82, 2.24) is 0 Å². The van der Waals surface area contributed by atoms with E-state index in [0.29, 0.717) is 56.7 Å². The van der Waals surface area contributed by atoms with Crippen molar-refractivity contribution < 1.29 is 23.7 Å². The van der Waals surface area contributed by atoms with Crippen LogP contribution in [-0.4, -0.2) is 37.3 Å². The van der Waals surface area contributed by atoms with E-state index in [-0.39, 0.29) is 29.1 Å². The quantitative estimate of drug-likeness (QED) is 0.235. The van der Waals surface area contributed by atoms with E-state index in [1.165, 1.54) is 23.1 Å². The molecule has 250 valence electrons. The van der Waals surface area contributed by atoms with Gasteiger partial charge < -0.3 is 23.7 Å². The topological polar surface area (TPSA) is 46.2 Å². The maximum Gasteiger partial charge on any atom is 0.174 e. The van der Waals surface area contributed by atoms with Crippen molar-refractivity contribution in [2.24, 2.45) is 34.5 Å². The van der Waals surface area contributed by atoms with Gasteiger partial charge in [0.1, 0.15) is 0 Å². The summed E-state index contributed by atoms with van der Waals surface area (Å²) in [6, 6.07) is 32.0. The van der Waals surface area contributed by atoms with Crippen LogP contribution in [0.15, 0.2) is 91.0 Å². The van der Waals surface area contributed by atoms with Gasteiger partial charge in [0, 0.05) is 11.8 Å². The number of hydrogen-bond donors (Lipinski definition) is 0. The summed E-state index contributed by atoms with van der Waals surface area (Å²) in [6.07, 6.45) is 7.88. The molecule has 9 atom stereocenters. The summed E-state index contributed by atoms with van der Waals surface area (Å²) in [5.74, 6) is 1.31. The predicted octanol–water partition coefficient (Wildman–Crippen LogP) is 8.75. The summed E-state index contributed by atoms with van der Waals surface area (Å²) in [4.78, 5) is 0. The Morgan fingerprint density at radius 3 is 1.70 bits per heavy atom. The molecular weight excluding hydrogens is 584 g/mol. The molecule has 0 radical (unpaired) electrons. The summed E-state index contributed by atoms with van der Waals surface area (Å²) >= 11 is 0. The van der Waals surface area contributed by atoms with E-state index in [1.807, 2.05) is 0 Å². The Morgan fingerprint density at radius 2 is 1.11 bits per heavy atom. The van der Waals surface area contributed by atoms with Crippen molar-refractivity contribution in [2.75, 3.05) is 13.2 Å². The predicted molar refractivity (Wildman–Crippen MR) is 182 cm³/mol. The van der Waals surface area contributed by atoms with Gasteiger partial charge in [0.2, 0.25) is 0 Å². The fourth-order valence-electron chi connectivity index (χ4n) is 10.9. The van der Waals surface area contributed by atoms with Gasteiger partial charge in [-0.15, -0.1) is 0 Å². The van der Waals surface area contributed by atoms with Crippen LogP contribution in [0.3, 0.4) is 0 Å². The largest absolute Gasteiger partial charge is 0.374 e. The molecule has 0 N–H and O–H groups in total. The third-order valence-corrected chi connectivity index (χ3v) is 13.3. The minimum absolute atomic E-state index is 0.0176. The Kier molecular flexibility index (Phi) is 8.81. The van der Waals surface area contributed by atoms with Crippen molar-refractivity contribution in [3.05, 3.63) is 108 Å². The molecule has 4 aliphatic carbocycles. The summed E-state index contributed by atoms with van der Waals surface area (Å²) in [5.41, 5.74) is 3.80. The van der Waals surface area contributed by atoms with Gasteiger partial charge in [-0.3, -0.25) is 0 Å². The minimum atomic E-state index is -0.451. The van der Waals surface area contributed by atoms with Gasteiger partial charge >= 0.3 is 0 Å². The maximum absolute atomic E-state index is 7.25. The second-order valence-electron chi connectivity index (χ2n) is 15.6. The Morgan fingerprint density at radius 1 is 0.574 bits per heavy atom. The summed E-state index contributed by atoms with van der Waals surface area (Å²) in [5, 5.41) is 0. The zero-order valence-corrected chi connectivity index (χ0v) is 28.2.